The summed E-state index contributed by atoms with van der Waals surface area (Å²) in [6, 6.07) is 6.08. The van der Waals surface area contributed by atoms with Gasteiger partial charge in [-0.1, -0.05) is 22.9 Å². The van der Waals surface area contributed by atoms with Gasteiger partial charge in [0.1, 0.15) is 11.6 Å². The molecule has 0 aliphatic rings. The van der Waals surface area contributed by atoms with E-state index in [4.69, 9.17) is 4.74 Å². The van der Waals surface area contributed by atoms with Crippen LogP contribution in [0, 0.1) is 6.92 Å². The molecule has 1 aromatic carbocycles. The molecule has 1 heterocycles. The molecule has 0 saturated carbocycles. The Bertz CT molecular complexity index is 595. The predicted molar refractivity (Wildman–Crippen MR) is 88.8 cm³/mol. The molecule has 0 bridgehead atoms. The Morgan fingerprint density at radius 1 is 1.38 bits per heavy atom. The van der Waals surface area contributed by atoms with Crippen molar-refractivity contribution < 1.29 is 4.74 Å². The highest BCUT2D eigenvalue weighted by molar-refractivity contribution is 9.10. The van der Waals surface area contributed by atoms with E-state index in [2.05, 4.69) is 43.8 Å². The van der Waals surface area contributed by atoms with Crippen LogP contribution >= 0.6 is 15.9 Å². The number of hydrogen-bond donors (Lipinski definition) is 1. The fourth-order valence-corrected chi connectivity index (χ4v) is 2.71. The predicted octanol–water partition coefficient (Wildman–Crippen LogP) is 3.51. The summed E-state index contributed by atoms with van der Waals surface area (Å²) in [6.07, 6.45) is 3.08. The Morgan fingerprint density at radius 3 is 2.90 bits per heavy atom. The zero-order valence-corrected chi connectivity index (χ0v) is 14.4. The van der Waals surface area contributed by atoms with Crippen molar-refractivity contribution in [3.05, 3.63) is 46.0 Å². The second-order valence-corrected chi connectivity index (χ2v) is 5.93. The number of rotatable bonds is 7. The van der Waals surface area contributed by atoms with E-state index in [0.717, 1.165) is 47.7 Å². The Hall–Kier alpha value is -1.33. The molecule has 2 rings (SSSR count). The van der Waals surface area contributed by atoms with Crippen LogP contribution in [-0.2, 0) is 13.1 Å². The monoisotopic (exact) mass is 351 g/mol. The van der Waals surface area contributed by atoms with E-state index in [1.807, 2.05) is 25.3 Å². The van der Waals surface area contributed by atoms with Crippen molar-refractivity contribution in [3.63, 3.8) is 0 Å². The average Bonchev–Trinajstić information content (AvgIpc) is 2.81. The molecule has 0 saturated heterocycles. The Labute approximate surface area is 134 Å². The number of nitrogens with one attached hydrogen (secondary N) is 1. The third-order valence-corrected chi connectivity index (χ3v) is 3.93. The van der Waals surface area contributed by atoms with Crippen molar-refractivity contribution in [2.45, 2.75) is 33.4 Å². The van der Waals surface area contributed by atoms with Crippen LogP contribution in [0.15, 0.2) is 28.9 Å². The fraction of sp³-hybridized carbons (Fsp3) is 0.438. The summed E-state index contributed by atoms with van der Waals surface area (Å²) in [5, 5.41) is 3.43. The summed E-state index contributed by atoms with van der Waals surface area (Å²) in [7, 11) is 1.71. The van der Waals surface area contributed by atoms with E-state index in [1.165, 1.54) is 5.69 Å². The van der Waals surface area contributed by atoms with Gasteiger partial charge in [-0.15, -0.1) is 0 Å². The lowest BCUT2D eigenvalue weighted by atomic mass is 10.2. The topological polar surface area (TPSA) is 39.1 Å². The van der Waals surface area contributed by atoms with Crippen LogP contribution in [-0.4, -0.2) is 23.2 Å². The molecular formula is C16H22BrN3O. The molecule has 0 fully saturated rings. The lowest BCUT2D eigenvalue weighted by Gasteiger charge is -2.14. The van der Waals surface area contributed by atoms with Crippen LogP contribution in [0.4, 0.5) is 0 Å². The van der Waals surface area contributed by atoms with Gasteiger partial charge in [0, 0.05) is 22.8 Å². The van der Waals surface area contributed by atoms with Gasteiger partial charge >= 0.3 is 0 Å². The van der Waals surface area contributed by atoms with Crippen LogP contribution in [0.3, 0.4) is 0 Å². The lowest BCUT2D eigenvalue weighted by molar-refractivity contribution is 0.407. The number of benzene rings is 1. The minimum absolute atomic E-state index is 0.761. The van der Waals surface area contributed by atoms with Crippen molar-refractivity contribution in [1.82, 2.24) is 14.9 Å². The maximum Gasteiger partial charge on any atom is 0.123 e. The van der Waals surface area contributed by atoms with Gasteiger partial charge < -0.3 is 14.6 Å². The van der Waals surface area contributed by atoms with Crippen molar-refractivity contribution >= 4 is 15.9 Å². The normalized spacial score (nSPS) is 10.9. The highest BCUT2D eigenvalue weighted by Crippen LogP contribution is 2.24. The summed E-state index contributed by atoms with van der Waals surface area (Å²) in [4.78, 5) is 4.44. The number of aromatic nitrogens is 2. The van der Waals surface area contributed by atoms with Crippen LogP contribution in [0.5, 0.6) is 5.75 Å². The Kier molecular flexibility index (Phi) is 5.82. The minimum atomic E-state index is 0.761. The van der Waals surface area contributed by atoms with Crippen LogP contribution in [0.1, 0.15) is 30.4 Å². The van der Waals surface area contributed by atoms with E-state index >= 15 is 0 Å². The number of aryl methyl sites for hydroxylation is 1. The van der Waals surface area contributed by atoms with E-state index in [9.17, 15) is 0 Å². The van der Waals surface area contributed by atoms with Gasteiger partial charge in [0.2, 0.25) is 0 Å². The quantitative estimate of drug-likeness (QED) is 0.775. The Balaban J connectivity index is 2.23. The van der Waals surface area contributed by atoms with Crippen molar-refractivity contribution in [2.75, 3.05) is 13.7 Å². The van der Waals surface area contributed by atoms with Gasteiger partial charge in [-0.05, 0) is 38.1 Å². The van der Waals surface area contributed by atoms with Crippen molar-refractivity contribution in [1.29, 1.82) is 0 Å². The first-order valence-electron chi connectivity index (χ1n) is 7.19. The zero-order valence-electron chi connectivity index (χ0n) is 12.8. The minimum Gasteiger partial charge on any atom is -0.496 e. The largest absolute Gasteiger partial charge is 0.496 e. The first-order chi connectivity index (χ1) is 10.2. The van der Waals surface area contributed by atoms with E-state index in [0.29, 0.717) is 0 Å². The molecule has 0 spiro atoms. The molecule has 0 radical (unpaired) electrons. The van der Waals surface area contributed by atoms with E-state index in [1.54, 1.807) is 7.11 Å². The first kappa shape index (κ1) is 16.0. The van der Waals surface area contributed by atoms with Gasteiger partial charge in [-0.2, -0.15) is 0 Å². The number of methoxy groups -OCH3 is 1. The highest BCUT2D eigenvalue weighted by atomic mass is 79.9. The second kappa shape index (κ2) is 7.61. The summed E-state index contributed by atoms with van der Waals surface area (Å²) in [5.41, 5.74) is 2.34. The number of hydrogen-bond acceptors (Lipinski definition) is 3. The van der Waals surface area contributed by atoms with Crippen LogP contribution < -0.4 is 10.1 Å². The van der Waals surface area contributed by atoms with E-state index in [-0.39, 0.29) is 0 Å². The molecule has 1 N–H and O–H groups in total. The molecule has 4 nitrogen and oxygen atoms in total. The first-order valence-corrected chi connectivity index (χ1v) is 7.99. The molecular weight excluding hydrogens is 330 g/mol. The SMILES string of the molecule is CCCNCc1cnc(C)n1Cc1cc(Br)ccc1OC. The fourth-order valence-electron chi connectivity index (χ4n) is 2.31. The van der Waals surface area contributed by atoms with E-state index < -0.39 is 0 Å². The summed E-state index contributed by atoms with van der Waals surface area (Å²) >= 11 is 3.53. The third-order valence-electron chi connectivity index (χ3n) is 3.44. The molecule has 0 atom stereocenters. The van der Waals surface area contributed by atoms with Crippen molar-refractivity contribution in [3.8, 4) is 5.75 Å². The number of nitrogens with zero attached hydrogens (tertiary/aromatic N) is 2. The molecule has 0 unspecified atom stereocenters. The maximum absolute atomic E-state index is 5.46. The summed E-state index contributed by atoms with van der Waals surface area (Å²) in [5.74, 6) is 1.92. The van der Waals surface area contributed by atoms with Gasteiger partial charge in [0.05, 0.1) is 19.3 Å². The second-order valence-electron chi connectivity index (χ2n) is 5.02. The molecule has 1 aromatic heterocycles. The molecule has 0 aliphatic heterocycles. The highest BCUT2D eigenvalue weighted by Gasteiger charge is 2.10. The van der Waals surface area contributed by atoms with Crippen molar-refractivity contribution in [2.24, 2.45) is 0 Å². The summed E-state index contributed by atoms with van der Waals surface area (Å²) < 4.78 is 8.74. The standard InChI is InChI=1S/C16H22BrN3O/c1-4-7-18-9-15-10-19-12(2)20(15)11-13-8-14(17)5-6-16(13)21-3/h5-6,8,10,18H,4,7,9,11H2,1-3H3. The smallest absolute Gasteiger partial charge is 0.123 e. The number of halogens is 1. The van der Waals surface area contributed by atoms with Gasteiger partial charge in [-0.25, -0.2) is 4.98 Å². The number of ether oxygens (including phenoxy) is 1. The number of imidazole rings is 1. The average molecular weight is 352 g/mol. The van der Waals surface area contributed by atoms with Crippen LogP contribution in [0.2, 0.25) is 0 Å². The zero-order chi connectivity index (χ0) is 15.2. The summed E-state index contributed by atoms with van der Waals surface area (Å²) in [6.45, 7) is 6.82. The maximum atomic E-state index is 5.46. The van der Waals surface area contributed by atoms with Crippen LogP contribution in [0.25, 0.3) is 0 Å². The molecule has 2 aromatic rings. The molecule has 114 valence electrons. The van der Waals surface area contributed by atoms with Gasteiger partial charge in [-0.3, -0.25) is 0 Å². The van der Waals surface area contributed by atoms with Gasteiger partial charge in [0.15, 0.2) is 0 Å². The third kappa shape index (κ3) is 4.08. The molecule has 0 aliphatic carbocycles. The van der Waals surface area contributed by atoms with Gasteiger partial charge in [0.25, 0.3) is 0 Å². The molecule has 5 heteroatoms. The lowest BCUT2D eigenvalue weighted by Crippen LogP contribution is -2.17. The molecule has 21 heavy (non-hydrogen) atoms. The Morgan fingerprint density at radius 2 is 2.19 bits per heavy atom. The molecule has 0 amide bonds.